The first-order chi connectivity index (χ1) is 9.61. The van der Waals surface area contributed by atoms with E-state index in [-0.39, 0.29) is 11.9 Å². The molecule has 2 aliphatic rings. The van der Waals surface area contributed by atoms with Gasteiger partial charge in [0, 0.05) is 12.8 Å². The van der Waals surface area contributed by atoms with Crippen molar-refractivity contribution in [2.75, 3.05) is 19.8 Å². The van der Waals surface area contributed by atoms with E-state index >= 15 is 0 Å². The number of nitrogens with one attached hydrogen (secondary N) is 2. The minimum atomic E-state index is -0.933. The van der Waals surface area contributed by atoms with Crippen LogP contribution in [0.4, 0.5) is 4.79 Å². The van der Waals surface area contributed by atoms with Crippen LogP contribution < -0.4 is 10.2 Å². The first-order valence-corrected chi connectivity index (χ1v) is 7.14. The van der Waals surface area contributed by atoms with Crippen LogP contribution in [0, 0.1) is 0 Å². The van der Waals surface area contributed by atoms with Gasteiger partial charge in [-0.15, -0.1) is 0 Å². The van der Waals surface area contributed by atoms with Crippen molar-refractivity contribution in [2.45, 2.75) is 25.3 Å². The highest BCUT2D eigenvalue weighted by molar-refractivity contribution is 6.07. The molecule has 0 unspecified atom stereocenters. The zero-order valence-electron chi connectivity index (χ0n) is 11.7. The van der Waals surface area contributed by atoms with Gasteiger partial charge >= 0.3 is 6.03 Å². The van der Waals surface area contributed by atoms with Crippen LogP contribution in [0.25, 0.3) is 0 Å². The average molecular weight is 274 g/mol. The monoisotopic (exact) mass is 274 g/mol. The van der Waals surface area contributed by atoms with Crippen LogP contribution in [0.3, 0.4) is 0 Å². The number of likely N-dealkylation sites (tertiary alicyclic amines) is 1. The molecule has 2 fully saturated rings. The Bertz CT molecular complexity index is 525. The number of rotatable bonds is 3. The summed E-state index contributed by atoms with van der Waals surface area (Å²) in [6.45, 7) is 4.34. The molecule has 5 nitrogen and oxygen atoms in total. The Morgan fingerprint density at radius 1 is 1.20 bits per heavy atom. The lowest BCUT2D eigenvalue weighted by molar-refractivity contribution is -0.894. The number of nitrogens with zero attached hydrogens (tertiary/aromatic N) is 1. The third-order valence-electron chi connectivity index (χ3n) is 4.32. The largest absolute Gasteiger partial charge is 0.329 e. The first kappa shape index (κ1) is 13.1. The van der Waals surface area contributed by atoms with Gasteiger partial charge in [-0.1, -0.05) is 30.3 Å². The van der Waals surface area contributed by atoms with Crippen LogP contribution in [0.5, 0.6) is 0 Å². The van der Waals surface area contributed by atoms with Gasteiger partial charge in [0.25, 0.3) is 5.91 Å². The molecule has 0 bridgehead atoms. The summed E-state index contributed by atoms with van der Waals surface area (Å²) in [5, 5.41) is 2.84. The highest BCUT2D eigenvalue weighted by Gasteiger charge is 2.50. The minimum absolute atomic E-state index is 0.145. The second kappa shape index (κ2) is 4.90. The number of carbonyl (C=O) groups excluding carboxylic acids is 2. The van der Waals surface area contributed by atoms with Crippen molar-refractivity contribution in [3.8, 4) is 0 Å². The molecule has 0 radical (unpaired) electrons. The number of amides is 3. The minimum Gasteiger partial charge on any atom is -0.319 e. The quantitative estimate of drug-likeness (QED) is 0.768. The molecule has 0 saturated carbocycles. The fraction of sp³-hybridized carbons (Fsp3) is 0.467. The maximum absolute atomic E-state index is 12.7. The number of urea groups is 1. The van der Waals surface area contributed by atoms with E-state index in [1.807, 2.05) is 30.3 Å². The summed E-state index contributed by atoms with van der Waals surface area (Å²) in [5.41, 5.74) is -0.102. The van der Waals surface area contributed by atoms with Crippen LogP contribution in [0.1, 0.15) is 25.3 Å². The third kappa shape index (κ3) is 2.08. The molecule has 5 heteroatoms. The van der Waals surface area contributed by atoms with Crippen molar-refractivity contribution < 1.29 is 14.5 Å². The Hall–Kier alpha value is -1.88. The molecule has 0 spiro atoms. The molecule has 3 amide bonds. The lowest BCUT2D eigenvalue weighted by Crippen LogP contribution is -3.11. The maximum Gasteiger partial charge on any atom is 0.329 e. The second-order valence-corrected chi connectivity index (χ2v) is 5.77. The molecule has 2 saturated heterocycles. The van der Waals surface area contributed by atoms with Gasteiger partial charge in [-0.3, -0.25) is 4.79 Å². The lowest BCUT2D eigenvalue weighted by atomic mass is 9.92. The second-order valence-electron chi connectivity index (χ2n) is 5.77. The van der Waals surface area contributed by atoms with E-state index in [1.54, 1.807) is 6.92 Å². The van der Waals surface area contributed by atoms with Gasteiger partial charge < -0.3 is 10.2 Å². The van der Waals surface area contributed by atoms with Gasteiger partial charge in [0.2, 0.25) is 0 Å². The van der Waals surface area contributed by atoms with E-state index < -0.39 is 5.54 Å². The molecule has 1 aromatic rings. The Morgan fingerprint density at radius 2 is 1.85 bits per heavy atom. The van der Waals surface area contributed by atoms with Gasteiger partial charge in [-0.25, -0.2) is 9.69 Å². The predicted molar refractivity (Wildman–Crippen MR) is 74.0 cm³/mol. The highest BCUT2D eigenvalue weighted by atomic mass is 16.2. The average Bonchev–Trinajstić information content (AvgIpc) is 3.04. The highest BCUT2D eigenvalue weighted by Crippen LogP contribution is 2.27. The Morgan fingerprint density at radius 3 is 2.50 bits per heavy atom. The van der Waals surface area contributed by atoms with Crippen molar-refractivity contribution in [1.29, 1.82) is 0 Å². The van der Waals surface area contributed by atoms with Gasteiger partial charge in [0.05, 0.1) is 13.1 Å². The predicted octanol–water partition coefficient (Wildman–Crippen LogP) is 0.0898. The van der Waals surface area contributed by atoms with E-state index in [2.05, 4.69) is 5.32 Å². The maximum atomic E-state index is 12.7. The standard InChI is InChI=1S/C15H19N3O2/c1-15(12-7-3-2-4-8-12)13(19)18(14(20)16-15)11-17-9-5-6-10-17/h2-4,7-8H,5-6,9-11H2,1H3,(H,16,20)/p+1/t15-/m0/s1. The lowest BCUT2D eigenvalue weighted by Gasteiger charge is -2.23. The molecule has 2 aliphatic heterocycles. The van der Waals surface area contributed by atoms with E-state index in [9.17, 15) is 9.59 Å². The number of quaternary nitrogens is 1. The molecule has 0 aliphatic carbocycles. The fourth-order valence-corrected chi connectivity index (χ4v) is 3.06. The molecule has 106 valence electrons. The normalized spacial score (nSPS) is 27.1. The summed E-state index contributed by atoms with van der Waals surface area (Å²) in [4.78, 5) is 27.5. The first-order valence-electron chi connectivity index (χ1n) is 7.14. The van der Waals surface area contributed by atoms with Crippen LogP contribution in [-0.2, 0) is 10.3 Å². The fourth-order valence-electron chi connectivity index (χ4n) is 3.06. The van der Waals surface area contributed by atoms with Crippen LogP contribution in [0.15, 0.2) is 30.3 Å². The molecule has 0 aromatic heterocycles. The number of hydrogen-bond donors (Lipinski definition) is 2. The number of carbonyl (C=O) groups is 2. The molecular weight excluding hydrogens is 254 g/mol. The summed E-state index contributed by atoms with van der Waals surface area (Å²) in [6, 6.07) is 9.15. The van der Waals surface area contributed by atoms with Crippen molar-refractivity contribution in [1.82, 2.24) is 10.2 Å². The van der Waals surface area contributed by atoms with Crippen LogP contribution >= 0.6 is 0 Å². The van der Waals surface area contributed by atoms with E-state index in [1.165, 1.54) is 22.6 Å². The van der Waals surface area contributed by atoms with Crippen LogP contribution in [0.2, 0.25) is 0 Å². The van der Waals surface area contributed by atoms with Crippen LogP contribution in [-0.4, -0.2) is 36.6 Å². The van der Waals surface area contributed by atoms with Crippen molar-refractivity contribution >= 4 is 11.9 Å². The summed E-state index contributed by atoms with van der Waals surface area (Å²) in [5.74, 6) is -0.145. The molecule has 3 rings (SSSR count). The van der Waals surface area contributed by atoms with Crippen molar-refractivity contribution in [2.24, 2.45) is 0 Å². The van der Waals surface area contributed by atoms with Crippen molar-refractivity contribution in [3.63, 3.8) is 0 Å². The summed E-state index contributed by atoms with van der Waals surface area (Å²) < 4.78 is 0. The number of imide groups is 1. The molecule has 2 N–H and O–H groups in total. The Balaban J connectivity index is 1.82. The zero-order chi connectivity index (χ0) is 14.2. The summed E-state index contributed by atoms with van der Waals surface area (Å²) in [7, 11) is 0. The van der Waals surface area contributed by atoms with Gasteiger partial charge in [-0.05, 0) is 12.5 Å². The van der Waals surface area contributed by atoms with Gasteiger partial charge in [0.15, 0.2) is 6.67 Å². The summed E-state index contributed by atoms with van der Waals surface area (Å²) in [6.07, 6.45) is 2.35. The molecular formula is C15H20N3O2+. The van der Waals surface area contributed by atoms with E-state index in [0.717, 1.165) is 18.7 Å². The Labute approximate surface area is 118 Å². The topological polar surface area (TPSA) is 53.9 Å². The molecule has 1 aromatic carbocycles. The zero-order valence-corrected chi connectivity index (χ0v) is 11.7. The van der Waals surface area contributed by atoms with Crippen molar-refractivity contribution in [3.05, 3.63) is 35.9 Å². The van der Waals surface area contributed by atoms with Gasteiger partial charge in [-0.2, -0.15) is 0 Å². The Kier molecular flexibility index (Phi) is 3.22. The van der Waals surface area contributed by atoms with E-state index in [0.29, 0.717) is 6.67 Å². The van der Waals surface area contributed by atoms with E-state index in [4.69, 9.17) is 0 Å². The SMILES string of the molecule is C[C@@]1(c2ccccc2)NC(=O)N(C[NH+]2CCCC2)C1=O. The van der Waals surface area contributed by atoms with Gasteiger partial charge in [0.1, 0.15) is 5.54 Å². The third-order valence-corrected chi connectivity index (χ3v) is 4.32. The smallest absolute Gasteiger partial charge is 0.319 e. The number of hydrogen-bond acceptors (Lipinski definition) is 2. The number of benzene rings is 1. The molecule has 20 heavy (non-hydrogen) atoms. The molecule has 2 heterocycles. The summed E-state index contributed by atoms with van der Waals surface area (Å²) >= 11 is 0. The molecule has 1 atom stereocenters.